The van der Waals surface area contributed by atoms with Gasteiger partial charge < -0.3 is 0 Å². The van der Waals surface area contributed by atoms with Crippen LogP contribution < -0.4 is 0 Å². The first-order valence-electron chi connectivity index (χ1n) is 4.58. The van der Waals surface area contributed by atoms with Gasteiger partial charge in [0.2, 0.25) is 0 Å². The summed E-state index contributed by atoms with van der Waals surface area (Å²) in [4.78, 5) is 11.7. The summed E-state index contributed by atoms with van der Waals surface area (Å²) in [6.07, 6.45) is 2.01. The maximum atomic E-state index is 10.5. The van der Waals surface area contributed by atoms with Crippen molar-refractivity contribution in [2.75, 3.05) is 0 Å². The van der Waals surface area contributed by atoms with E-state index in [4.69, 9.17) is 0 Å². The molecule has 1 aromatic rings. The van der Waals surface area contributed by atoms with Crippen LogP contribution in [0, 0.1) is 0 Å². The molecular formula is C11H13BrOS. The Morgan fingerprint density at radius 3 is 2.79 bits per heavy atom. The average Bonchev–Trinajstić information content (AvgIpc) is 2.20. The molecule has 0 aliphatic heterocycles. The molecule has 1 rings (SSSR count). The first-order chi connectivity index (χ1) is 6.67. The molecule has 0 saturated heterocycles. The topological polar surface area (TPSA) is 17.1 Å². The van der Waals surface area contributed by atoms with Crippen molar-refractivity contribution in [1.29, 1.82) is 0 Å². The lowest BCUT2D eigenvalue weighted by Gasteiger charge is -2.09. The second-order valence-corrected chi connectivity index (χ2v) is 5.48. The fourth-order valence-corrected chi connectivity index (χ4v) is 2.58. The lowest BCUT2D eigenvalue weighted by Crippen LogP contribution is -1.92. The van der Waals surface area contributed by atoms with E-state index >= 15 is 0 Å². The lowest BCUT2D eigenvalue weighted by atomic mass is 10.2. The summed E-state index contributed by atoms with van der Waals surface area (Å²) in [5, 5.41) is 0.605. The van der Waals surface area contributed by atoms with Crippen LogP contribution in [0.1, 0.15) is 30.6 Å². The zero-order valence-corrected chi connectivity index (χ0v) is 10.7. The average molecular weight is 273 g/mol. The zero-order chi connectivity index (χ0) is 10.6. The number of aldehydes is 1. The summed E-state index contributed by atoms with van der Waals surface area (Å²) >= 11 is 5.29. The van der Waals surface area contributed by atoms with E-state index in [1.54, 1.807) is 0 Å². The number of hydrogen-bond acceptors (Lipinski definition) is 2. The molecule has 1 unspecified atom stereocenters. The highest BCUT2D eigenvalue weighted by molar-refractivity contribution is 9.10. The van der Waals surface area contributed by atoms with Gasteiger partial charge in [-0.2, -0.15) is 0 Å². The van der Waals surface area contributed by atoms with E-state index in [-0.39, 0.29) is 0 Å². The largest absolute Gasteiger partial charge is 0.298 e. The van der Waals surface area contributed by atoms with Crippen LogP contribution in [-0.4, -0.2) is 11.5 Å². The Hall–Kier alpha value is -0.280. The van der Waals surface area contributed by atoms with E-state index in [2.05, 4.69) is 29.8 Å². The molecule has 0 spiro atoms. The Labute approximate surface area is 97.4 Å². The molecule has 0 saturated carbocycles. The van der Waals surface area contributed by atoms with Gasteiger partial charge in [0, 0.05) is 20.2 Å². The van der Waals surface area contributed by atoms with Crippen LogP contribution in [0.5, 0.6) is 0 Å². The number of rotatable bonds is 4. The number of carbonyl (C=O) groups is 1. The summed E-state index contributed by atoms with van der Waals surface area (Å²) in [6, 6.07) is 5.70. The van der Waals surface area contributed by atoms with Crippen molar-refractivity contribution < 1.29 is 4.79 Å². The summed E-state index contributed by atoms with van der Waals surface area (Å²) in [7, 11) is 0. The fourth-order valence-electron chi connectivity index (χ4n) is 0.986. The minimum absolute atomic E-state index is 0.605. The predicted molar refractivity (Wildman–Crippen MR) is 65.1 cm³/mol. The smallest absolute Gasteiger partial charge is 0.150 e. The van der Waals surface area contributed by atoms with Gasteiger partial charge in [-0.05, 0) is 34.5 Å². The van der Waals surface area contributed by atoms with Gasteiger partial charge in [-0.15, -0.1) is 11.8 Å². The molecule has 14 heavy (non-hydrogen) atoms. The summed E-state index contributed by atoms with van der Waals surface area (Å²) in [5.41, 5.74) is 0.713. The molecule has 0 amide bonds. The zero-order valence-electron chi connectivity index (χ0n) is 8.29. The molecular weight excluding hydrogens is 260 g/mol. The van der Waals surface area contributed by atoms with Crippen LogP contribution in [0.15, 0.2) is 27.6 Å². The number of carbonyl (C=O) groups excluding carboxylic acids is 1. The molecule has 0 aliphatic carbocycles. The highest BCUT2D eigenvalue weighted by atomic mass is 79.9. The van der Waals surface area contributed by atoms with E-state index in [0.29, 0.717) is 10.8 Å². The molecule has 0 aromatic heterocycles. The standard InChI is InChI=1S/C11H13BrOS/c1-3-8(2)14-11-5-4-9(7-13)6-10(11)12/h4-8H,3H2,1-2H3. The van der Waals surface area contributed by atoms with Gasteiger partial charge in [0.05, 0.1) is 0 Å². The lowest BCUT2D eigenvalue weighted by molar-refractivity contribution is 0.112. The van der Waals surface area contributed by atoms with Crippen molar-refractivity contribution in [3.63, 3.8) is 0 Å². The van der Waals surface area contributed by atoms with Gasteiger partial charge >= 0.3 is 0 Å². The minimum atomic E-state index is 0.605. The molecule has 0 fully saturated rings. The normalized spacial score (nSPS) is 12.5. The Morgan fingerprint density at radius 2 is 2.29 bits per heavy atom. The van der Waals surface area contributed by atoms with E-state index in [0.717, 1.165) is 17.2 Å². The van der Waals surface area contributed by atoms with E-state index in [1.165, 1.54) is 4.90 Å². The molecule has 1 atom stereocenters. The first kappa shape index (κ1) is 11.8. The number of halogens is 1. The monoisotopic (exact) mass is 272 g/mol. The minimum Gasteiger partial charge on any atom is -0.298 e. The van der Waals surface area contributed by atoms with Gasteiger partial charge in [0.1, 0.15) is 6.29 Å². The number of benzene rings is 1. The third-order valence-corrected chi connectivity index (χ3v) is 4.26. The first-order valence-corrected chi connectivity index (χ1v) is 6.26. The van der Waals surface area contributed by atoms with Crippen molar-refractivity contribution in [3.8, 4) is 0 Å². The second-order valence-electron chi connectivity index (χ2n) is 3.14. The quantitative estimate of drug-likeness (QED) is 0.605. The SMILES string of the molecule is CCC(C)Sc1ccc(C=O)cc1Br. The Kier molecular flexibility index (Phi) is 4.69. The van der Waals surface area contributed by atoms with Crippen LogP contribution in [-0.2, 0) is 0 Å². The number of hydrogen-bond donors (Lipinski definition) is 0. The maximum Gasteiger partial charge on any atom is 0.150 e. The van der Waals surface area contributed by atoms with Gasteiger partial charge in [-0.1, -0.05) is 19.9 Å². The summed E-state index contributed by atoms with van der Waals surface area (Å²) < 4.78 is 1.01. The van der Waals surface area contributed by atoms with Crippen molar-refractivity contribution >= 4 is 34.0 Å². The summed E-state index contributed by atoms with van der Waals surface area (Å²) in [6.45, 7) is 4.37. The summed E-state index contributed by atoms with van der Waals surface area (Å²) in [5.74, 6) is 0. The maximum absolute atomic E-state index is 10.5. The molecule has 0 bridgehead atoms. The van der Waals surface area contributed by atoms with Gasteiger partial charge in [0.25, 0.3) is 0 Å². The molecule has 0 aliphatic rings. The van der Waals surface area contributed by atoms with Crippen LogP contribution in [0.4, 0.5) is 0 Å². The Balaban J connectivity index is 2.83. The van der Waals surface area contributed by atoms with E-state index < -0.39 is 0 Å². The molecule has 0 radical (unpaired) electrons. The van der Waals surface area contributed by atoms with Crippen LogP contribution in [0.25, 0.3) is 0 Å². The molecule has 0 heterocycles. The molecule has 76 valence electrons. The van der Waals surface area contributed by atoms with Crippen molar-refractivity contribution in [1.82, 2.24) is 0 Å². The third-order valence-electron chi connectivity index (χ3n) is 2.00. The highest BCUT2D eigenvalue weighted by Crippen LogP contribution is 2.32. The molecule has 1 nitrogen and oxygen atoms in total. The van der Waals surface area contributed by atoms with Crippen molar-refractivity contribution in [3.05, 3.63) is 28.2 Å². The van der Waals surface area contributed by atoms with Crippen molar-refractivity contribution in [2.45, 2.75) is 30.4 Å². The van der Waals surface area contributed by atoms with Crippen LogP contribution >= 0.6 is 27.7 Å². The van der Waals surface area contributed by atoms with E-state index in [1.807, 2.05) is 30.0 Å². The van der Waals surface area contributed by atoms with Gasteiger partial charge in [0.15, 0.2) is 0 Å². The second kappa shape index (κ2) is 5.56. The molecule has 1 aromatic carbocycles. The number of thioether (sulfide) groups is 1. The third kappa shape index (κ3) is 3.14. The Morgan fingerprint density at radius 1 is 1.57 bits per heavy atom. The predicted octanol–water partition coefficient (Wildman–Crippen LogP) is 4.15. The highest BCUT2D eigenvalue weighted by Gasteiger charge is 2.05. The molecule has 0 N–H and O–H groups in total. The van der Waals surface area contributed by atoms with Crippen LogP contribution in [0.2, 0.25) is 0 Å². The fraction of sp³-hybridized carbons (Fsp3) is 0.364. The Bertz CT molecular complexity index is 325. The molecule has 3 heteroatoms. The van der Waals surface area contributed by atoms with E-state index in [9.17, 15) is 4.79 Å². The van der Waals surface area contributed by atoms with Crippen molar-refractivity contribution in [2.24, 2.45) is 0 Å². The van der Waals surface area contributed by atoms with Gasteiger partial charge in [-0.25, -0.2) is 0 Å². The van der Waals surface area contributed by atoms with Gasteiger partial charge in [-0.3, -0.25) is 4.79 Å². The van der Waals surface area contributed by atoms with Crippen LogP contribution in [0.3, 0.4) is 0 Å².